The fourth-order valence-corrected chi connectivity index (χ4v) is 2.43. The van der Waals surface area contributed by atoms with E-state index in [-0.39, 0.29) is 5.91 Å². The second-order valence-corrected chi connectivity index (χ2v) is 5.22. The van der Waals surface area contributed by atoms with Crippen LogP contribution in [-0.2, 0) is 0 Å². The molecule has 0 saturated heterocycles. The number of nitrogens with zero attached hydrogens (tertiary/aromatic N) is 1. The average molecular weight is 309 g/mol. The van der Waals surface area contributed by atoms with Crippen molar-refractivity contribution < 1.29 is 4.79 Å². The third kappa shape index (κ3) is 3.15. The van der Waals surface area contributed by atoms with Crippen molar-refractivity contribution in [2.24, 2.45) is 5.10 Å². The molecule has 3 aromatic carbocycles. The van der Waals surface area contributed by atoms with Gasteiger partial charge in [-0.2, -0.15) is 5.10 Å². The van der Waals surface area contributed by atoms with Crippen LogP contribution in [0.5, 0.6) is 0 Å². The predicted molar refractivity (Wildman–Crippen MR) is 90.5 cm³/mol. The van der Waals surface area contributed by atoms with Crippen molar-refractivity contribution in [2.45, 2.75) is 0 Å². The molecule has 0 atom stereocenters. The maximum atomic E-state index is 12.3. The van der Waals surface area contributed by atoms with Gasteiger partial charge in [0.05, 0.1) is 6.21 Å². The number of halogens is 1. The van der Waals surface area contributed by atoms with Gasteiger partial charge in [0.15, 0.2) is 0 Å². The molecule has 3 aromatic rings. The quantitative estimate of drug-likeness (QED) is 0.570. The SMILES string of the molecule is O=C(NN=Cc1cccc(Cl)c1)c1cccc2ccccc12. The standard InChI is InChI=1S/C18H13ClN2O/c19-15-8-3-5-13(11-15)12-20-21-18(22)17-10-4-7-14-6-1-2-9-16(14)17/h1-12H,(H,21,22). The lowest BCUT2D eigenvalue weighted by Gasteiger charge is -2.04. The first-order valence-corrected chi connectivity index (χ1v) is 7.18. The molecule has 0 fully saturated rings. The van der Waals surface area contributed by atoms with E-state index >= 15 is 0 Å². The highest BCUT2D eigenvalue weighted by molar-refractivity contribution is 6.30. The molecule has 3 rings (SSSR count). The Bertz CT molecular complexity index is 853. The van der Waals surface area contributed by atoms with E-state index in [1.54, 1.807) is 24.4 Å². The van der Waals surface area contributed by atoms with E-state index in [4.69, 9.17) is 11.6 Å². The molecule has 0 saturated carbocycles. The smallest absolute Gasteiger partial charge is 0.267 e. The highest BCUT2D eigenvalue weighted by atomic mass is 35.5. The van der Waals surface area contributed by atoms with E-state index in [0.717, 1.165) is 16.3 Å². The van der Waals surface area contributed by atoms with Gasteiger partial charge in [-0.3, -0.25) is 4.79 Å². The Morgan fingerprint density at radius 3 is 2.64 bits per heavy atom. The summed E-state index contributed by atoms with van der Waals surface area (Å²) in [5, 5.41) is 6.54. The highest BCUT2D eigenvalue weighted by Crippen LogP contribution is 2.18. The lowest BCUT2D eigenvalue weighted by Crippen LogP contribution is -2.17. The summed E-state index contributed by atoms with van der Waals surface area (Å²) >= 11 is 5.90. The second kappa shape index (κ2) is 6.41. The summed E-state index contributed by atoms with van der Waals surface area (Å²) in [5.41, 5.74) is 3.97. The topological polar surface area (TPSA) is 41.5 Å². The van der Waals surface area contributed by atoms with Crippen molar-refractivity contribution in [2.75, 3.05) is 0 Å². The average Bonchev–Trinajstić information content (AvgIpc) is 2.54. The Labute approximate surface area is 133 Å². The summed E-state index contributed by atoms with van der Waals surface area (Å²) in [6, 6.07) is 20.6. The zero-order valence-electron chi connectivity index (χ0n) is 11.7. The van der Waals surface area contributed by atoms with Crippen LogP contribution in [0.25, 0.3) is 10.8 Å². The Balaban J connectivity index is 1.79. The molecule has 1 amide bonds. The second-order valence-electron chi connectivity index (χ2n) is 4.78. The third-order valence-electron chi connectivity index (χ3n) is 3.26. The van der Waals surface area contributed by atoms with Crippen molar-refractivity contribution in [3.05, 3.63) is 82.9 Å². The fourth-order valence-electron chi connectivity index (χ4n) is 2.24. The van der Waals surface area contributed by atoms with Crippen molar-refractivity contribution >= 4 is 34.5 Å². The first-order chi connectivity index (χ1) is 10.7. The Hall–Kier alpha value is -2.65. The molecule has 108 valence electrons. The maximum absolute atomic E-state index is 12.3. The van der Waals surface area contributed by atoms with Gasteiger partial charge in [0.1, 0.15) is 0 Å². The van der Waals surface area contributed by atoms with Crippen LogP contribution in [0.4, 0.5) is 0 Å². The summed E-state index contributed by atoms with van der Waals surface area (Å²) in [4.78, 5) is 12.3. The molecule has 4 heteroatoms. The summed E-state index contributed by atoms with van der Waals surface area (Å²) in [5.74, 6) is -0.241. The normalized spacial score (nSPS) is 11.0. The van der Waals surface area contributed by atoms with Gasteiger partial charge in [0.2, 0.25) is 0 Å². The van der Waals surface area contributed by atoms with E-state index in [0.29, 0.717) is 10.6 Å². The van der Waals surface area contributed by atoms with E-state index in [1.165, 1.54) is 0 Å². The van der Waals surface area contributed by atoms with E-state index < -0.39 is 0 Å². The molecule has 0 unspecified atom stereocenters. The lowest BCUT2D eigenvalue weighted by atomic mass is 10.0. The minimum Gasteiger partial charge on any atom is -0.267 e. The highest BCUT2D eigenvalue weighted by Gasteiger charge is 2.08. The molecule has 0 aromatic heterocycles. The number of amides is 1. The van der Waals surface area contributed by atoms with Gasteiger partial charge in [-0.05, 0) is 34.5 Å². The summed E-state index contributed by atoms with van der Waals surface area (Å²) < 4.78 is 0. The van der Waals surface area contributed by atoms with Gasteiger partial charge < -0.3 is 0 Å². The van der Waals surface area contributed by atoms with Crippen LogP contribution in [-0.4, -0.2) is 12.1 Å². The predicted octanol–water partition coefficient (Wildman–Crippen LogP) is 4.26. The molecule has 0 aliphatic heterocycles. The fraction of sp³-hybridized carbons (Fsp3) is 0. The zero-order chi connectivity index (χ0) is 15.4. The number of hydrogen-bond acceptors (Lipinski definition) is 2. The van der Waals surface area contributed by atoms with Crippen molar-refractivity contribution in [3.8, 4) is 0 Å². The molecule has 0 heterocycles. The van der Waals surface area contributed by atoms with E-state index in [2.05, 4.69) is 10.5 Å². The molecule has 0 spiro atoms. The third-order valence-corrected chi connectivity index (χ3v) is 3.50. The molecule has 3 nitrogen and oxygen atoms in total. The number of carbonyl (C=O) groups is 1. The van der Waals surface area contributed by atoms with Gasteiger partial charge in [0.25, 0.3) is 5.91 Å². The summed E-state index contributed by atoms with van der Waals surface area (Å²) in [6.45, 7) is 0. The van der Waals surface area contributed by atoms with Crippen LogP contribution in [0.15, 0.2) is 71.8 Å². The van der Waals surface area contributed by atoms with Crippen LogP contribution in [0, 0.1) is 0 Å². The van der Waals surface area contributed by atoms with Crippen LogP contribution in [0.1, 0.15) is 15.9 Å². The van der Waals surface area contributed by atoms with Crippen molar-refractivity contribution in [3.63, 3.8) is 0 Å². The summed E-state index contributed by atoms with van der Waals surface area (Å²) in [6.07, 6.45) is 1.56. The van der Waals surface area contributed by atoms with Gasteiger partial charge >= 0.3 is 0 Å². The Kier molecular flexibility index (Phi) is 4.17. The van der Waals surface area contributed by atoms with Crippen LogP contribution in [0.2, 0.25) is 5.02 Å². The molecular weight excluding hydrogens is 296 g/mol. The number of benzene rings is 3. The number of hydrogen-bond donors (Lipinski definition) is 1. The largest absolute Gasteiger partial charge is 0.271 e. The number of rotatable bonds is 3. The Morgan fingerprint density at radius 2 is 1.77 bits per heavy atom. The number of carbonyl (C=O) groups excluding carboxylic acids is 1. The molecule has 0 radical (unpaired) electrons. The molecular formula is C18H13ClN2O. The maximum Gasteiger partial charge on any atom is 0.271 e. The first-order valence-electron chi connectivity index (χ1n) is 6.81. The van der Waals surface area contributed by atoms with Crippen molar-refractivity contribution in [1.82, 2.24) is 5.43 Å². The number of fused-ring (bicyclic) bond motifs is 1. The molecule has 0 bridgehead atoms. The van der Waals surface area contributed by atoms with Gasteiger partial charge in [0, 0.05) is 10.6 Å². The number of nitrogens with one attached hydrogen (secondary N) is 1. The molecule has 0 aliphatic rings. The monoisotopic (exact) mass is 308 g/mol. The van der Waals surface area contributed by atoms with Gasteiger partial charge in [-0.1, -0.05) is 60.1 Å². The zero-order valence-corrected chi connectivity index (χ0v) is 12.4. The summed E-state index contributed by atoms with van der Waals surface area (Å²) in [7, 11) is 0. The molecule has 0 aliphatic carbocycles. The van der Waals surface area contributed by atoms with Crippen LogP contribution in [0.3, 0.4) is 0 Å². The van der Waals surface area contributed by atoms with Crippen molar-refractivity contribution in [1.29, 1.82) is 0 Å². The lowest BCUT2D eigenvalue weighted by molar-refractivity contribution is 0.0957. The van der Waals surface area contributed by atoms with Gasteiger partial charge in [-0.15, -0.1) is 0 Å². The first kappa shape index (κ1) is 14.3. The Morgan fingerprint density at radius 1 is 1.00 bits per heavy atom. The van der Waals surface area contributed by atoms with Crippen LogP contribution < -0.4 is 5.43 Å². The number of hydrazone groups is 1. The minimum atomic E-state index is -0.241. The van der Waals surface area contributed by atoms with E-state index in [9.17, 15) is 4.79 Å². The van der Waals surface area contributed by atoms with Crippen LogP contribution >= 0.6 is 11.6 Å². The molecule has 1 N–H and O–H groups in total. The van der Waals surface area contributed by atoms with Gasteiger partial charge in [-0.25, -0.2) is 5.43 Å². The minimum absolute atomic E-state index is 0.241. The van der Waals surface area contributed by atoms with E-state index in [1.807, 2.05) is 48.5 Å². The molecule has 22 heavy (non-hydrogen) atoms.